The number of carbonyl (C=O) groups is 2. The Morgan fingerprint density at radius 1 is 0.852 bits per heavy atom. The Hall–Kier alpha value is -2.72. The largest absolute Gasteiger partial charge is 0.376 e. The lowest BCUT2D eigenvalue weighted by Gasteiger charge is -2.45. The molecule has 1 aliphatic heterocycles. The van der Waals surface area contributed by atoms with Crippen molar-refractivity contribution in [2.24, 2.45) is 11.8 Å². The summed E-state index contributed by atoms with van der Waals surface area (Å²) in [7, 11) is 0. The maximum absolute atomic E-state index is 13.3. The lowest BCUT2D eigenvalue weighted by Crippen LogP contribution is -2.41. The smallest absolute Gasteiger partial charge is 0.234 e. The van der Waals surface area contributed by atoms with Gasteiger partial charge in [-0.3, -0.25) is 14.5 Å². The van der Waals surface area contributed by atoms with Crippen LogP contribution in [0.1, 0.15) is 34.1 Å². The van der Waals surface area contributed by atoms with Gasteiger partial charge in [-0.1, -0.05) is 54.6 Å². The number of hydrogen-bond acceptors (Lipinski definition) is 3. The van der Waals surface area contributed by atoms with Crippen molar-refractivity contribution >= 4 is 11.8 Å². The van der Waals surface area contributed by atoms with Gasteiger partial charge in [-0.2, -0.15) is 0 Å². The second-order valence-electron chi connectivity index (χ2n) is 7.46. The highest BCUT2D eigenvalue weighted by atomic mass is 16.5. The van der Waals surface area contributed by atoms with Gasteiger partial charge in [0.2, 0.25) is 11.8 Å². The molecule has 2 atom stereocenters. The number of amides is 2. The molecule has 27 heavy (non-hydrogen) atoms. The summed E-state index contributed by atoms with van der Waals surface area (Å²) in [5.74, 6) is -0.776. The van der Waals surface area contributed by atoms with Gasteiger partial charge in [-0.05, 0) is 22.3 Å². The Bertz CT molecular complexity index is 835. The van der Waals surface area contributed by atoms with Crippen LogP contribution in [0, 0.1) is 11.8 Å². The topological polar surface area (TPSA) is 46.6 Å². The van der Waals surface area contributed by atoms with E-state index in [1.54, 1.807) is 6.08 Å². The number of benzene rings is 2. The van der Waals surface area contributed by atoms with E-state index in [1.807, 2.05) is 24.3 Å². The Morgan fingerprint density at radius 3 is 1.70 bits per heavy atom. The third kappa shape index (κ3) is 2.20. The first-order chi connectivity index (χ1) is 13.2. The van der Waals surface area contributed by atoms with Gasteiger partial charge in [0, 0.05) is 11.8 Å². The van der Waals surface area contributed by atoms with Crippen molar-refractivity contribution in [3.63, 3.8) is 0 Å². The Kier molecular flexibility index (Phi) is 3.76. The molecule has 1 saturated heterocycles. The summed E-state index contributed by atoms with van der Waals surface area (Å²) in [6, 6.07) is 16.6. The Morgan fingerprint density at radius 2 is 1.30 bits per heavy atom. The molecule has 3 aliphatic carbocycles. The van der Waals surface area contributed by atoms with Crippen LogP contribution in [0.5, 0.6) is 0 Å². The number of nitrogens with zero attached hydrogens (tertiary/aromatic N) is 1. The third-order valence-corrected chi connectivity index (χ3v) is 6.23. The van der Waals surface area contributed by atoms with E-state index in [2.05, 4.69) is 30.8 Å². The molecule has 0 unspecified atom stereocenters. The molecule has 2 aromatic carbocycles. The van der Waals surface area contributed by atoms with Gasteiger partial charge in [-0.25, -0.2) is 0 Å². The fraction of sp³-hybridized carbons (Fsp3) is 0.304. The zero-order chi connectivity index (χ0) is 18.5. The minimum atomic E-state index is -0.299. The third-order valence-electron chi connectivity index (χ3n) is 6.23. The molecule has 0 spiro atoms. The van der Waals surface area contributed by atoms with Crippen molar-refractivity contribution in [2.75, 3.05) is 19.8 Å². The summed E-state index contributed by atoms with van der Waals surface area (Å²) in [6.45, 7) is 4.70. The highest BCUT2D eigenvalue weighted by Gasteiger charge is 2.61. The fourth-order valence-corrected chi connectivity index (χ4v) is 5.28. The molecule has 4 aliphatic rings. The van der Waals surface area contributed by atoms with Crippen LogP contribution < -0.4 is 0 Å². The molecule has 2 amide bonds. The number of imide groups is 1. The van der Waals surface area contributed by atoms with Gasteiger partial charge in [0.1, 0.15) is 0 Å². The highest BCUT2D eigenvalue weighted by molar-refractivity contribution is 6.07. The van der Waals surface area contributed by atoms with Crippen molar-refractivity contribution in [3.05, 3.63) is 83.4 Å². The number of hydrogen-bond donors (Lipinski definition) is 0. The molecule has 1 fully saturated rings. The summed E-state index contributed by atoms with van der Waals surface area (Å²) < 4.78 is 5.42. The number of likely N-dealkylation sites (tertiary alicyclic amines) is 1. The summed E-state index contributed by atoms with van der Waals surface area (Å²) in [5.41, 5.74) is 4.81. The average molecular weight is 359 g/mol. The lowest BCUT2D eigenvalue weighted by atomic mass is 9.55. The van der Waals surface area contributed by atoms with E-state index in [9.17, 15) is 9.59 Å². The number of ether oxygens (including phenoxy) is 1. The molecule has 136 valence electrons. The van der Waals surface area contributed by atoms with Crippen molar-refractivity contribution in [2.45, 2.75) is 11.8 Å². The standard InChI is InChI=1S/C23H21NO3/c1-2-12-27-13-11-24-22(25)20-18-14-7-3-4-8-15(14)19(21(20)23(24)26)17-10-6-5-9-16(17)18/h2-10,18-21H,1,11-13H2/t18?,19?,20-,21-/m0/s1. The number of rotatable bonds is 5. The van der Waals surface area contributed by atoms with Gasteiger partial charge in [0.05, 0.1) is 31.6 Å². The molecule has 2 bridgehead atoms. The van der Waals surface area contributed by atoms with Crippen LogP contribution in [-0.4, -0.2) is 36.5 Å². The lowest BCUT2D eigenvalue weighted by molar-refractivity contribution is -0.140. The van der Waals surface area contributed by atoms with Crippen LogP contribution in [0.15, 0.2) is 61.2 Å². The van der Waals surface area contributed by atoms with Crippen LogP contribution in [0.2, 0.25) is 0 Å². The maximum Gasteiger partial charge on any atom is 0.234 e. The van der Waals surface area contributed by atoms with E-state index in [4.69, 9.17) is 4.74 Å². The van der Waals surface area contributed by atoms with Gasteiger partial charge in [-0.15, -0.1) is 6.58 Å². The summed E-state index contributed by atoms with van der Waals surface area (Å²) >= 11 is 0. The molecular formula is C23H21NO3. The molecule has 6 rings (SSSR count). The molecule has 4 nitrogen and oxygen atoms in total. The Balaban J connectivity index is 1.58. The zero-order valence-electron chi connectivity index (χ0n) is 15.0. The van der Waals surface area contributed by atoms with E-state index in [1.165, 1.54) is 27.2 Å². The monoisotopic (exact) mass is 359 g/mol. The minimum absolute atomic E-state index is 0.0389. The molecule has 0 saturated carbocycles. The van der Waals surface area contributed by atoms with Crippen molar-refractivity contribution in [1.29, 1.82) is 0 Å². The van der Waals surface area contributed by atoms with E-state index in [-0.39, 0.29) is 35.5 Å². The maximum atomic E-state index is 13.3. The predicted octanol–water partition coefficient (Wildman–Crippen LogP) is 3.08. The van der Waals surface area contributed by atoms with Gasteiger partial charge in [0.25, 0.3) is 0 Å². The van der Waals surface area contributed by atoms with Crippen LogP contribution in [-0.2, 0) is 14.3 Å². The van der Waals surface area contributed by atoms with E-state index >= 15 is 0 Å². The highest BCUT2D eigenvalue weighted by Crippen LogP contribution is 2.60. The van der Waals surface area contributed by atoms with E-state index in [0.29, 0.717) is 19.8 Å². The normalized spacial score (nSPS) is 27.3. The first-order valence-corrected chi connectivity index (χ1v) is 9.45. The second kappa shape index (κ2) is 6.17. The van der Waals surface area contributed by atoms with Gasteiger partial charge >= 0.3 is 0 Å². The van der Waals surface area contributed by atoms with Crippen LogP contribution in [0.4, 0.5) is 0 Å². The van der Waals surface area contributed by atoms with Crippen molar-refractivity contribution in [1.82, 2.24) is 4.90 Å². The first kappa shape index (κ1) is 16.5. The Labute approximate surface area is 158 Å². The predicted molar refractivity (Wildman–Crippen MR) is 101 cm³/mol. The molecule has 0 aromatic heterocycles. The molecule has 0 radical (unpaired) electrons. The molecule has 0 N–H and O–H groups in total. The minimum Gasteiger partial charge on any atom is -0.376 e. The van der Waals surface area contributed by atoms with Crippen LogP contribution in [0.25, 0.3) is 0 Å². The van der Waals surface area contributed by atoms with Gasteiger partial charge < -0.3 is 4.74 Å². The fourth-order valence-electron chi connectivity index (χ4n) is 5.28. The van der Waals surface area contributed by atoms with Crippen LogP contribution in [0.3, 0.4) is 0 Å². The van der Waals surface area contributed by atoms with Crippen molar-refractivity contribution in [3.8, 4) is 0 Å². The molecule has 2 aromatic rings. The SMILES string of the molecule is C=CCOCCN1C(=O)[C@H]2C3c4ccccc4C(c4ccccc43)[C@@H]2C1=O. The van der Waals surface area contributed by atoms with E-state index < -0.39 is 0 Å². The van der Waals surface area contributed by atoms with Crippen molar-refractivity contribution < 1.29 is 14.3 Å². The quantitative estimate of drug-likeness (QED) is 0.468. The van der Waals surface area contributed by atoms with Crippen LogP contribution >= 0.6 is 0 Å². The van der Waals surface area contributed by atoms with E-state index in [0.717, 1.165) is 0 Å². The summed E-state index contributed by atoms with van der Waals surface area (Å²) in [5, 5.41) is 0. The second-order valence-corrected chi connectivity index (χ2v) is 7.46. The summed E-state index contributed by atoms with van der Waals surface area (Å²) in [4.78, 5) is 27.9. The molecule has 1 heterocycles. The average Bonchev–Trinajstić information content (AvgIpc) is 2.96. The van der Waals surface area contributed by atoms with Gasteiger partial charge in [0.15, 0.2) is 0 Å². The first-order valence-electron chi connectivity index (χ1n) is 9.45. The summed E-state index contributed by atoms with van der Waals surface area (Å²) in [6.07, 6.45) is 1.67. The molecule has 4 heteroatoms. The zero-order valence-corrected chi connectivity index (χ0v) is 15.0. The number of carbonyl (C=O) groups excluding carboxylic acids is 2. The molecular weight excluding hydrogens is 338 g/mol.